The molecule has 3 saturated carbocycles. The van der Waals surface area contributed by atoms with Crippen molar-refractivity contribution in [2.45, 2.75) is 109 Å². The first-order valence-corrected chi connectivity index (χ1v) is 22.1. The van der Waals surface area contributed by atoms with Crippen molar-refractivity contribution in [3.8, 4) is 16.8 Å². The lowest BCUT2D eigenvalue weighted by Crippen LogP contribution is -2.48. The number of fused-ring (bicyclic) bond motifs is 4. The van der Waals surface area contributed by atoms with Crippen LogP contribution in [0.1, 0.15) is 119 Å². The van der Waals surface area contributed by atoms with Crippen molar-refractivity contribution in [3.05, 3.63) is 104 Å². The van der Waals surface area contributed by atoms with E-state index in [9.17, 15) is 4.79 Å². The van der Waals surface area contributed by atoms with Gasteiger partial charge in [-0.05, 0) is 133 Å². The smallest absolute Gasteiger partial charge is 0.254 e. The van der Waals surface area contributed by atoms with Gasteiger partial charge in [0.2, 0.25) is 5.95 Å². The second-order valence-corrected chi connectivity index (χ2v) is 19.1. The molecule has 4 aromatic heterocycles. The second kappa shape index (κ2) is 14.8. The highest BCUT2D eigenvalue weighted by molar-refractivity contribution is 7.15. The van der Waals surface area contributed by atoms with E-state index in [0.29, 0.717) is 39.2 Å². The number of halogens is 1. The lowest BCUT2D eigenvalue weighted by molar-refractivity contribution is 0.0276. The Morgan fingerprint density at radius 1 is 0.983 bits per heavy atom. The first-order valence-electron chi connectivity index (χ1n) is 20.9. The van der Waals surface area contributed by atoms with Crippen molar-refractivity contribution in [1.29, 1.82) is 5.26 Å². The van der Waals surface area contributed by atoms with Crippen LogP contribution in [0.5, 0.6) is 5.75 Å². The van der Waals surface area contributed by atoms with Crippen molar-refractivity contribution in [2.75, 3.05) is 18.0 Å². The zero-order chi connectivity index (χ0) is 40.5. The molecule has 0 bridgehead atoms. The summed E-state index contributed by atoms with van der Waals surface area (Å²) in [5.41, 5.74) is 6.73. The molecule has 5 aromatic rings. The highest BCUT2D eigenvalue weighted by Gasteiger charge is 2.52. The maximum atomic E-state index is 13.1. The van der Waals surface area contributed by atoms with E-state index in [1.54, 1.807) is 41.9 Å². The maximum Gasteiger partial charge on any atom is 0.254 e. The fourth-order valence-electron chi connectivity index (χ4n) is 9.86. The molecule has 3 aliphatic carbocycles. The maximum absolute atomic E-state index is 13.1. The van der Waals surface area contributed by atoms with Crippen LogP contribution in [-0.4, -0.2) is 66.6 Å². The number of nitrogens with one attached hydrogen (secondary N) is 1. The minimum Gasteiger partial charge on any atom is -0.490 e. The van der Waals surface area contributed by atoms with Crippen molar-refractivity contribution in [3.63, 3.8) is 0 Å². The van der Waals surface area contributed by atoms with Gasteiger partial charge in [0.1, 0.15) is 28.2 Å². The third-order valence-electron chi connectivity index (χ3n) is 13.5. The van der Waals surface area contributed by atoms with Crippen LogP contribution in [-0.2, 0) is 12.0 Å². The van der Waals surface area contributed by atoms with Crippen molar-refractivity contribution in [1.82, 2.24) is 35.0 Å². The van der Waals surface area contributed by atoms with Crippen LogP contribution in [0.2, 0.25) is 5.02 Å². The van der Waals surface area contributed by atoms with Crippen molar-refractivity contribution < 1.29 is 9.53 Å². The number of hydrogen-bond donors (Lipinski definition) is 1. The fraction of sp³-hybridized carbons (Fsp3) is 0.467. The molecule has 14 heteroatoms. The summed E-state index contributed by atoms with van der Waals surface area (Å²) < 4.78 is 8.35. The Kier molecular flexibility index (Phi) is 9.55. The molecule has 1 aromatic carbocycles. The van der Waals surface area contributed by atoms with Gasteiger partial charge in [-0.1, -0.05) is 11.6 Å². The minimum absolute atomic E-state index is 0.0439. The molecule has 1 N–H and O–H groups in total. The Bertz CT molecular complexity index is 2490. The summed E-state index contributed by atoms with van der Waals surface area (Å²) in [5, 5.41) is 22.9. The topological polar surface area (TPSA) is 147 Å². The highest BCUT2D eigenvalue weighted by Crippen LogP contribution is 2.54. The molecule has 6 heterocycles. The zero-order valence-electron chi connectivity index (χ0n) is 33.7. The summed E-state index contributed by atoms with van der Waals surface area (Å²) in [6.07, 6.45) is 16.4. The molecule has 59 heavy (non-hydrogen) atoms. The summed E-state index contributed by atoms with van der Waals surface area (Å²) in [4.78, 5) is 36.3. The standard InChI is InChI=1S/C45H47ClN10O2S/c1-26-27(2)59-41-38(26)39(52-45(12-13-45)42-54-53-28(3)56(41)42)31-4-6-34(48-23-31)18-29-20-44(21-29)14-16-55(17-15-44)43-49-24-32(25-50-43)40(57)51-33-7-10-35(11-8-33)58-36-9-5-30(22-47)37(46)19-36/h4-6,9,19,23-25,29,33,35H,7-8,10-18,20-21H2,1-3H3,(H,51,57). The third-order valence-corrected chi connectivity index (χ3v) is 15.0. The summed E-state index contributed by atoms with van der Waals surface area (Å²) in [6.45, 7) is 8.28. The van der Waals surface area contributed by atoms with Gasteiger partial charge in [-0.15, -0.1) is 21.5 Å². The van der Waals surface area contributed by atoms with E-state index in [4.69, 9.17) is 31.6 Å². The van der Waals surface area contributed by atoms with Gasteiger partial charge in [0.05, 0.1) is 28.0 Å². The van der Waals surface area contributed by atoms with Gasteiger partial charge >= 0.3 is 0 Å². The van der Waals surface area contributed by atoms with E-state index >= 15 is 0 Å². The second-order valence-electron chi connectivity index (χ2n) is 17.5. The third kappa shape index (κ3) is 7.08. The molecular formula is C45H47ClN10O2S. The Morgan fingerprint density at radius 3 is 2.42 bits per heavy atom. The van der Waals surface area contributed by atoms with Gasteiger partial charge in [0, 0.05) is 65.5 Å². The summed E-state index contributed by atoms with van der Waals surface area (Å²) in [7, 11) is 0. The Labute approximate surface area is 353 Å². The zero-order valence-corrected chi connectivity index (χ0v) is 35.2. The number of benzene rings is 1. The Morgan fingerprint density at radius 2 is 1.75 bits per heavy atom. The number of rotatable bonds is 8. The number of carbonyl (C=O) groups excluding carboxylic acids is 1. The first-order chi connectivity index (χ1) is 28.6. The van der Waals surface area contributed by atoms with Gasteiger partial charge < -0.3 is 15.0 Å². The predicted octanol–water partition coefficient (Wildman–Crippen LogP) is 8.16. The van der Waals surface area contributed by atoms with Crippen molar-refractivity contribution in [2.24, 2.45) is 16.3 Å². The number of anilines is 1. The lowest BCUT2D eigenvalue weighted by atomic mass is 9.56. The average Bonchev–Trinajstić information content (AvgIpc) is 3.85. The van der Waals surface area contributed by atoms with Gasteiger partial charge in [0.15, 0.2) is 5.82 Å². The molecule has 1 saturated heterocycles. The van der Waals surface area contributed by atoms with Crippen LogP contribution in [0.15, 0.2) is 53.9 Å². The van der Waals surface area contributed by atoms with Gasteiger partial charge in [-0.2, -0.15) is 5.26 Å². The molecular weight excluding hydrogens is 780 g/mol. The fourth-order valence-corrected chi connectivity index (χ4v) is 11.3. The number of thiophene rings is 1. The average molecular weight is 827 g/mol. The van der Waals surface area contributed by atoms with E-state index in [2.05, 4.69) is 67.0 Å². The van der Waals surface area contributed by atoms with Crippen LogP contribution < -0.4 is 15.0 Å². The van der Waals surface area contributed by atoms with Gasteiger partial charge in [0.25, 0.3) is 5.91 Å². The number of nitriles is 1. The summed E-state index contributed by atoms with van der Waals surface area (Å²) >= 11 is 7.97. The number of hydrogen-bond acceptors (Lipinski definition) is 11. The Hall–Kier alpha value is -5.19. The molecule has 10 rings (SSSR count). The minimum atomic E-state index is -0.291. The molecule has 0 atom stereocenters. The number of aromatic nitrogens is 6. The van der Waals surface area contributed by atoms with Crippen molar-refractivity contribution >= 4 is 40.5 Å². The van der Waals surface area contributed by atoms with E-state index in [-0.39, 0.29) is 23.6 Å². The number of aliphatic imine (C=N–C) groups is 1. The number of ether oxygens (including phenoxy) is 1. The van der Waals surface area contributed by atoms with Crippen LogP contribution in [0, 0.1) is 43.4 Å². The predicted molar refractivity (Wildman–Crippen MR) is 227 cm³/mol. The van der Waals surface area contributed by atoms with Gasteiger partial charge in [-0.25, -0.2) is 9.97 Å². The SMILES string of the molecule is Cc1sc2c(c1C)C(c1ccc(CC3CC4(CCN(c5ncc(C(=O)NC6CCC(Oc7ccc(C#N)c(Cl)c7)CC6)cn5)CC4)C3)nc1)=NC1(CC1)c1nnc(C)n1-2. The molecule has 0 radical (unpaired) electrons. The molecule has 2 aliphatic heterocycles. The molecule has 0 unspecified atom stereocenters. The molecule has 302 valence electrons. The molecule has 1 amide bonds. The normalized spacial score (nSPS) is 21.5. The number of amides is 1. The first kappa shape index (κ1) is 38.0. The molecule has 2 spiro atoms. The lowest BCUT2D eigenvalue weighted by Gasteiger charge is -2.52. The van der Waals surface area contributed by atoms with Crippen LogP contribution in [0.25, 0.3) is 5.00 Å². The van der Waals surface area contributed by atoms with Crippen LogP contribution >= 0.6 is 22.9 Å². The highest BCUT2D eigenvalue weighted by atomic mass is 35.5. The number of piperidine rings is 1. The Balaban J connectivity index is 0.697. The quantitative estimate of drug-likeness (QED) is 0.164. The number of nitrogens with zero attached hydrogens (tertiary/aromatic N) is 9. The van der Waals surface area contributed by atoms with E-state index < -0.39 is 0 Å². The van der Waals surface area contributed by atoms with Gasteiger partial charge in [-0.3, -0.25) is 19.3 Å². The monoisotopic (exact) mass is 826 g/mol. The van der Waals surface area contributed by atoms with E-state index in [1.165, 1.54) is 33.8 Å². The van der Waals surface area contributed by atoms with Crippen LogP contribution in [0.4, 0.5) is 5.95 Å². The summed E-state index contributed by atoms with van der Waals surface area (Å²) in [5.74, 6) is 3.74. The number of aryl methyl sites for hydroxylation is 2. The van der Waals surface area contributed by atoms with E-state index in [1.807, 2.05) is 13.1 Å². The van der Waals surface area contributed by atoms with Crippen LogP contribution in [0.3, 0.4) is 0 Å². The summed E-state index contributed by atoms with van der Waals surface area (Å²) in [6, 6.07) is 11.7. The number of pyridine rings is 1. The molecule has 4 fully saturated rings. The number of carbonyl (C=O) groups is 1. The molecule has 5 aliphatic rings. The molecule has 12 nitrogen and oxygen atoms in total. The van der Waals surface area contributed by atoms with E-state index in [0.717, 1.165) is 99.5 Å². The largest absolute Gasteiger partial charge is 0.490 e.